The lowest BCUT2D eigenvalue weighted by Crippen LogP contribution is -2.46. The summed E-state index contributed by atoms with van der Waals surface area (Å²) in [5, 5.41) is 30.3. The Morgan fingerprint density at radius 1 is 1.02 bits per heavy atom. The lowest BCUT2D eigenvalue weighted by atomic mass is 10.00. The van der Waals surface area contributed by atoms with E-state index in [-0.39, 0.29) is 40.7 Å². The summed E-state index contributed by atoms with van der Waals surface area (Å²) < 4.78 is 21.8. The highest BCUT2D eigenvalue weighted by molar-refractivity contribution is 7.98. The molecule has 2 heterocycles. The number of ether oxygens (including phenoxy) is 3. The highest BCUT2D eigenvalue weighted by Crippen LogP contribution is 2.42. The number of halogens is 1. The molecule has 4 aromatic rings. The molecule has 4 rings (SSSR count). The number of rotatable bonds is 15. The topological polar surface area (TPSA) is 247 Å². The highest BCUT2D eigenvalue weighted by atomic mass is 35.5. The summed E-state index contributed by atoms with van der Waals surface area (Å²) in [5.74, 6) is -0.985. The molecular formula is C34H34ClN7O8S. The molecule has 17 heteroatoms. The maximum absolute atomic E-state index is 12.4. The fourth-order valence-corrected chi connectivity index (χ4v) is 5.34. The van der Waals surface area contributed by atoms with Crippen LogP contribution in [0, 0.1) is 17.9 Å². The average Bonchev–Trinajstić information content (AvgIpc) is 3.60. The molecule has 51 heavy (non-hydrogen) atoms. The van der Waals surface area contributed by atoms with Crippen molar-refractivity contribution in [3.63, 3.8) is 0 Å². The third-order valence-electron chi connectivity index (χ3n) is 7.25. The third-order valence-corrected chi connectivity index (χ3v) is 8.51. The number of nitrogens with two attached hydrogens (primary N) is 3. The van der Waals surface area contributed by atoms with Gasteiger partial charge in [-0.05, 0) is 55.8 Å². The molecule has 0 radical (unpaired) electrons. The van der Waals surface area contributed by atoms with E-state index in [9.17, 15) is 25.1 Å². The maximum Gasteiger partial charge on any atom is 0.326 e. The molecule has 0 bridgehead atoms. The number of hydrogen-bond acceptors (Lipinski definition) is 15. The van der Waals surface area contributed by atoms with E-state index in [1.165, 1.54) is 31.9 Å². The average molecular weight is 736 g/mol. The van der Waals surface area contributed by atoms with Crippen LogP contribution in [0.25, 0.3) is 27.4 Å². The Kier molecular flexibility index (Phi) is 13.4. The molecule has 5 atom stereocenters. The second-order valence-corrected chi connectivity index (χ2v) is 12.5. The molecule has 0 spiro atoms. The number of hydrogen-bond donors (Lipinski definition) is 5. The quantitative estimate of drug-likeness (QED) is 0.0665. The number of anilines is 1. The van der Waals surface area contributed by atoms with E-state index in [1.807, 2.05) is 0 Å². The summed E-state index contributed by atoms with van der Waals surface area (Å²) in [4.78, 5) is 37.0. The molecule has 2 aromatic heterocycles. The lowest BCUT2D eigenvalue weighted by molar-refractivity contribution is -0.165. The Morgan fingerprint density at radius 2 is 1.65 bits per heavy atom. The molecule has 0 aliphatic carbocycles. The van der Waals surface area contributed by atoms with Gasteiger partial charge in [-0.3, -0.25) is 9.59 Å². The van der Waals surface area contributed by atoms with Crippen LogP contribution in [0.5, 0.6) is 5.75 Å². The standard InChI is InChI=1S/C34H34ClN7O8S/c1-17(43)27(37)33(45)49-15-24(50-34(46)28(38)18(2)44)14-47-23-10-6-19(7-11-23)26-25(12-36)32(42-30(39)29(26)40-3)51-16-22-13-48-31(41-22)20-4-8-21(35)9-5-20/h4-11,13,17-18,24,27-28,43-44H,14-16,37-38H2,1-2H3,(H2,39,42)/t17-,18-,24+,27+,28+/m1/s1. The van der Waals surface area contributed by atoms with Gasteiger partial charge >= 0.3 is 11.9 Å². The van der Waals surface area contributed by atoms with Gasteiger partial charge in [0.25, 0.3) is 0 Å². The van der Waals surface area contributed by atoms with Gasteiger partial charge in [0.15, 0.2) is 6.10 Å². The number of nitriles is 1. The second-order valence-electron chi connectivity index (χ2n) is 11.1. The number of aromatic nitrogens is 2. The number of aliphatic hydroxyl groups is 2. The van der Waals surface area contributed by atoms with Gasteiger partial charge in [-0.25, -0.2) is 14.8 Å². The maximum atomic E-state index is 12.4. The Bertz CT molecular complexity index is 1920. The zero-order valence-electron chi connectivity index (χ0n) is 27.4. The summed E-state index contributed by atoms with van der Waals surface area (Å²) in [7, 11) is 0. The van der Waals surface area contributed by atoms with E-state index in [2.05, 4.69) is 20.9 Å². The van der Waals surface area contributed by atoms with E-state index in [4.69, 9.17) is 54.0 Å². The van der Waals surface area contributed by atoms with Crippen molar-refractivity contribution in [3.8, 4) is 34.4 Å². The minimum Gasteiger partial charge on any atom is -0.490 e. The number of nitrogens with zero attached hydrogens (tertiary/aromatic N) is 4. The van der Waals surface area contributed by atoms with Gasteiger partial charge in [0.2, 0.25) is 11.6 Å². The Hall–Kier alpha value is -5.20. The largest absolute Gasteiger partial charge is 0.490 e. The molecule has 0 amide bonds. The van der Waals surface area contributed by atoms with Gasteiger partial charge in [-0.2, -0.15) is 5.26 Å². The van der Waals surface area contributed by atoms with Gasteiger partial charge < -0.3 is 46.0 Å². The van der Waals surface area contributed by atoms with Crippen molar-refractivity contribution in [1.29, 1.82) is 5.26 Å². The van der Waals surface area contributed by atoms with Crippen molar-refractivity contribution in [2.75, 3.05) is 18.9 Å². The van der Waals surface area contributed by atoms with Gasteiger partial charge in [0.1, 0.15) is 54.2 Å². The molecular weight excluding hydrogens is 702 g/mol. The molecule has 15 nitrogen and oxygen atoms in total. The normalized spacial score (nSPS) is 13.9. The van der Waals surface area contributed by atoms with Gasteiger partial charge in [0.05, 0.1) is 30.0 Å². The molecule has 0 aliphatic heterocycles. The molecule has 8 N–H and O–H groups in total. The van der Waals surface area contributed by atoms with Crippen LogP contribution in [0.1, 0.15) is 25.1 Å². The molecule has 2 aromatic carbocycles. The van der Waals surface area contributed by atoms with Crippen molar-refractivity contribution >= 4 is 46.8 Å². The molecule has 0 unspecified atom stereocenters. The first kappa shape index (κ1) is 38.6. The zero-order chi connectivity index (χ0) is 37.2. The smallest absolute Gasteiger partial charge is 0.326 e. The highest BCUT2D eigenvalue weighted by Gasteiger charge is 2.28. The van der Waals surface area contributed by atoms with Crippen molar-refractivity contribution < 1.29 is 38.4 Å². The van der Waals surface area contributed by atoms with Crippen LogP contribution in [0.3, 0.4) is 0 Å². The minimum absolute atomic E-state index is 0.00493. The number of aliphatic hydroxyl groups excluding tert-OH is 2. The number of carbonyl (C=O) groups excluding carboxylic acids is 2. The van der Waals surface area contributed by atoms with E-state index < -0.39 is 48.9 Å². The first-order chi connectivity index (χ1) is 24.3. The molecule has 0 fully saturated rings. The second kappa shape index (κ2) is 17.6. The predicted octanol–water partition coefficient (Wildman–Crippen LogP) is 3.60. The monoisotopic (exact) mass is 735 g/mol. The van der Waals surface area contributed by atoms with Crippen molar-refractivity contribution in [1.82, 2.24) is 9.97 Å². The van der Waals surface area contributed by atoms with Crippen LogP contribution < -0.4 is 21.9 Å². The van der Waals surface area contributed by atoms with Gasteiger partial charge in [0, 0.05) is 21.9 Å². The first-order valence-electron chi connectivity index (χ1n) is 15.2. The number of carbonyl (C=O) groups is 2. The Labute approximate surface area is 302 Å². The van der Waals surface area contributed by atoms with E-state index in [1.54, 1.807) is 48.5 Å². The molecule has 0 saturated heterocycles. The summed E-state index contributed by atoms with van der Waals surface area (Å²) in [6, 6.07) is 12.8. The number of esters is 2. The Balaban J connectivity index is 1.51. The molecule has 0 aliphatic rings. The fraction of sp³-hybridized carbons (Fsp3) is 0.294. The summed E-state index contributed by atoms with van der Waals surface area (Å²) in [6.07, 6.45) is -2.07. The number of oxazole rings is 1. The van der Waals surface area contributed by atoms with Gasteiger partial charge in [-0.1, -0.05) is 35.5 Å². The van der Waals surface area contributed by atoms with E-state index >= 15 is 0 Å². The van der Waals surface area contributed by atoms with Crippen molar-refractivity contribution in [2.24, 2.45) is 11.5 Å². The fourth-order valence-electron chi connectivity index (χ4n) is 4.35. The Morgan fingerprint density at radius 3 is 2.25 bits per heavy atom. The summed E-state index contributed by atoms with van der Waals surface area (Å²) >= 11 is 7.17. The predicted molar refractivity (Wildman–Crippen MR) is 187 cm³/mol. The number of thioether (sulfide) groups is 1. The van der Waals surface area contributed by atoms with Gasteiger partial charge in [-0.15, -0.1) is 0 Å². The summed E-state index contributed by atoms with van der Waals surface area (Å²) in [5.41, 5.74) is 19.7. The van der Waals surface area contributed by atoms with Crippen LogP contribution in [0.2, 0.25) is 5.02 Å². The number of pyridine rings is 1. The minimum atomic E-state index is -1.37. The van der Waals surface area contributed by atoms with E-state index in [0.717, 1.165) is 5.56 Å². The third kappa shape index (κ3) is 9.95. The van der Waals surface area contributed by atoms with Crippen molar-refractivity contribution in [3.05, 3.63) is 82.5 Å². The van der Waals surface area contributed by atoms with Crippen LogP contribution in [-0.4, -0.2) is 75.7 Å². The molecule has 0 saturated carbocycles. The summed E-state index contributed by atoms with van der Waals surface area (Å²) in [6.45, 7) is 9.58. The van der Waals surface area contributed by atoms with E-state index in [0.29, 0.717) is 27.2 Å². The molecule has 266 valence electrons. The van der Waals surface area contributed by atoms with Crippen LogP contribution in [0.4, 0.5) is 11.5 Å². The van der Waals surface area contributed by atoms with Crippen LogP contribution in [0.15, 0.2) is 64.2 Å². The van der Waals surface area contributed by atoms with Crippen molar-refractivity contribution in [2.45, 2.75) is 55.0 Å². The van der Waals surface area contributed by atoms with Crippen LogP contribution >= 0.6 is 23.4 Å². The lowest BCUT2D eigenvalue weighted by Gasteiger charge is -2.22. The van der Waals surface area contributed by atoms with Crippen LogP contribution in [-0.2, 0) is 24.8 Å². The number of nitrogen functional groups attached to an aromatic ring is 1. The first-order valence-corrected chi connectivity index (χ1v) is 16.6. The SMILES string of the molecule is [C-]#[N+]c1c(N)nc(SCc2coc(-c3ccc(Cl)cc3)n2)c(C#N)c1-c1ccc(OC[C@@H](COC(=O)[C@@H](N)[C@@H](C)O)OC(=O)[C@@H](N)[C@@H](C)O)cc1. The number of benzene rings is 2. The zero-order valence-corrected chi connectivity index (χ0v) is 28.9.